The Labute approximate surface area is 129 Å². The van der Waals surface area contributed by atoms with Crippen molar-refractivity contribution in [1.82, 2.24) is 4.90 Å². The molecule has 5 heteroatoms. The zero-order chi connectivity index (χ0) is 15.4. The van der Waals surface area contributed by atoms with Gasteiger partial charge in [-0.1, -0.05) is 24.6 Å². The third-order valence-electron chi connectivity index (χ3n) is 3.58. The minimum absolute atomic E-state index is 0.0381. The van der Waals surface area contributed by atoms with Crippen molar-refractivity contribution in [1.29, 1.82) is 0 Å². The number of rotatable bonds is 7. The van der Waals surface area contributed by atoms with Crippen molar-refractivity contribution < 1.29 is 14.7 Å². The summed E-state index contributed by atoms with van der Waals surface area (Å²) in [5.74, 6) is -0.957. The monoisotopic (exact) mass is 307 g/mol. The van der Waals surface area contributed by atoms with Crippen molar-refractivity contribution in [3.63, 3.8) is 0 Å². The van der Waals surface area contributed by atoms with Gasteiger partial charge in [0.05, 0.1) is 11.7 Å². The average molecular weight is 307 g/mol. The van der Waals surface area contributed by atoms with E-state index in [4.69, 9.17) is 5.11 Å². The van der Waals surface area contributed by atoms with Crippen LogP contribution in [0.2, 0.25) is 0 Å². The van der Waals surface area contributed by atoms with Crippen LogP contribution in [0.4, 0.5) is 0 Å². The zero-order valence-corrected chi connectivity index (χ0v) is 13.2. The summed E-state index contributed by atoms with van der Waals surface area (Å²) in [5, 5.41) is 9.01. The predicted molar refractivity (Wildman–Crippen MR) is 83.4 cm³/mol. The number of hydrogen-bond donors (Lipinski definition) is 1. The fraction of sp³-hybridized carbons (Fsp3) is 0.500. The van der Waals surface area contributed by atoms with Crippen LogP contribution in [0.3, 0.4) is 0 Å². The number of carbonyl (C=O) groups excluding carboxylic acids is 1. The molecular formula is C16H21NO3S. The molecule has 1 saturated carbocycles. The molecule has 1 N–H and O–H groups in total. The highest BCUT2D eigenvalue weighted by molar-refractivity contribution is 8.00. The van der Waals surface area contributed by atoms with Gasteiger partial charge in [0.25, 0.3) is 0 Å². The summed E-state index contributed by atoms with van der Waals surface area (Å²) in [6.45, 7) is 3.99. The molecule has 114 valence electrons. The molecular weight excluding hydrogens is 286 g/mol. The number of amides is 1. The fourth-order valence-corrected chi connectivity index (χ4v) is 2.86. The Kier molecular flexibility index (Phi) is 5.28. The molecule has 1 atom stereocenters. The second kappa shape index (κ2) is 6.98. The Morgan fingerprint density at radius 3 is 2.48 bits per heavy atom. The maximum absolute atomic E-state index is 12.3. The largest absolute Gasteiger partial charge is 0.481 e. The van der Waals surface area contributed by atoms with Crippen LogP contribution in [0.5, 0.6) is 0 Å². The zero-order valence-electron chi connectivity index (χ0n) is 12.4. The fourth-order valence-electron chi connectivity index (χ4n) is 2.08. The van der Waals surface area contributed by atoms with Crippen LogP contribution in [0.25, 0.3) is 0 Å². The average Bonchev–Trinajstić information content (AvgIpc) is 3.28. The Hall–Kier alpha value is -1.49. The molecule has 0 saturated heterocycles. The molecule has 0 aromatic heterocycles. The van der Waals surface area contributed by atoms with Crippen LogP contribution >= 0.6 is 11.8 Å². The van der Waals surface area contributed by atoms with Crippen LogP contribution in [-0.2, 0) is 9.59 Å². The summed E-state index contributed by atoms with van der Waals surface area (Å²) in [5.41, 5.74) is 1.19. The molecule has 1 aromatic rings. The van der Waals surface area contributed by atoms with E-state index in [0.717, 1.165) is 17.7 Å². The molecule has 2 rings (SSSR count). The highest BCUT2D eigenvalue weighted by Gasteiger charge is 2.34. The number of carbonyl (C=O) groups is 2. The summed E-state index contributed by atoms with van der Waals surface area (Å²) in [7, 11) is 0. The Bertz CT molecular complexity index is 511. The molecule has 0 heterocycles. The number of thioether (sulfide) groups is 1. The van der Waals surface area contributed by atoms with E-state index in [1.165, 1.54) is 17.3 Å². The highest BCUT2D eigenvalue weighted by atomic mass is 32.2. The van der Waals surface area contributed by atoms with Crippen molar-refractivity contribution in [2.45, 2.75) is 37.6 Å². The van der Waals surface area contributed by atoms with Gasteiger partial charge in [0.1, 0.15) is 0 Å². The van der Waals surface area contributed by atoms with Gasteiger partial charge < -0.3 is 10.0 Å². The molecule has 4 nitrogen and oxygen atoms in total. The minimum atomic E-state index is -0.848. The minimum Gasteiger partial charge on any atom is -0.481 e. The first-order valence-electron chi connectivity index (χ1n) is 7.19. The Morgan fingerprint density at radius 2 is 1.95 bits per heavy atom. The van der Waals surface area contributed by atoms with Crippen LogP contribution < -0.4 is 0 Å². The molecule has 1 unspecified atom stereocenters. The Balaban J connectivity index is 1.89. The Morgan fingerprint density at radius 1 is 1.33 bits per heavy atom. The molecule has 0 bridgehead atoms. The van der Waals surface area contributed by atoms with Gasteiger partial charge in [-0.2, -0.15) is 0 Å². The van der Waals surface area contributed by atoms with Gasteiger partial charge in [-0.3, -0.25) is 9.59 Å². The van der Waals surface area contributed by atoms with Crippen molar-refractivity contribution in [3.05, 3.63) is 29.8 Å². The molecule has 1 amide bonds. The van der Waals surface area contributed by atoms with E-state index in [-0.39, 0.29) is 11.9 Å². The summed E-state index contributed by atoms with van der Waals surface area (Å²) >= 11 is 1.51. The summed E-state index contributed by atoms with van der Waals surface area (Å²) in [4.78, 5) is 26.1. The molecule has 0 aliphatic heterocycles. The SMILES string of the molecule is Cc1ccc(SCC(=O)N(CC(C)C(=O)O)C2CC2)cc1. The molecule has 1 fully saturated rings. The van der Waals surface area contributed by atoms with Gasteiger partial charge in [-0.15, -0.1) is 11.8 Å². The van der Waals surface area contributed by atoms with Crippen molar-refractivity contribution in [3.8, 4) is 0 Å². The van der Waals surface area contributed by atoms with Gasteiger partial charge in [0.15, 0.2) is 0 Å². The number of benzene rings is 1. The van der Waals surface area contributed by atoms with E-state index in [1.807, 2.05) is 31.2 Å². The number of nitrogens with zero attached hydrogens (tertiary/aromatic N) is 1. The smallest absolute Gasteiger partial charge is 0.308 e. The lowest BCUT2D eigenvalue weighted by Gasteiger charge is -2.24. The van der Waals surface area contributed by atoms with E-state index in [2.05, 4.69) is 0 Å². The second-order valence-corrected chi connectivity index (χ2v) is 6.67. The highest BCUT2D eigenvalue weighted by Crippen LogP contribution is 2.29. The van der Waals surface area contributed by atoms with E-state index in [9.17, 15) is 9.59 Å². The maximum atomic E-state index is 12.3. The van der Waals surface area contributed by atoms with Gasteiger partial charge in [-0.25, -0.2) is 0 Å². The molecule has 21 heavy (non-hydrogen) atoms. The van der Waals surface area contributed by atoms with Crippen LogP contribution in [0, 0.1) is 12.8 Å². The first-order chi connectivity index (χ1) is 9.97. The number of carboxylic acid groups (broad SMARTS) is 1. The summed E-state index contributed by atoms with van der Waals surface area (Å²) < 4.78 is 0. The molecule has 1 aromatic carbocycles. The molecule has 0 radical (unpaired) electrons. The number of hydrogen-bond acceptors (Lipinski definition) is 3. The van der Waals surface area contributed by atoms with Crippen molar-refractivity contribution in [2.24, 2.45) is 5.92 Å². The van der Waals surface area contributed by atoms with Crippen LogP contribution in [0.15, 0.2) is 29.2 Å². The van der Waals surface area contributed by atoms with E-state index in [0.29, 0.717) is 12.3 Å². The number of aliphatic carboxylic acids is 1. The van der Waals surface area contributed by atoms with E-state index >= 15 is 0 Å². The summed E-state index contributed by atoms with van der Waals surface area (Å²) in [6, 6.07) is 8.32. The quantitative estimate of drug-likeness (QED) is 0.787. The first kappa shape index (κ1) is 15.9. The second-order valence-electron chi connectivity index (χ2n) is 5.62. The number of carboxylic acids is 1. The maximum Gasteiger partial charge on any atom is 0.308 e. The lowest BCUT2D eigenvalue weighted by atomic mass is 10.1. The standard InChI is InChI=1S/C16H21NO3S/c1-11-3-7-14(8-4-11)21-10-15(18)17(13-5-6-13)9-12(2)16(19)20/h3-4,7-8,12-13H,5-6,9-10H2,1-2H3,(H,19,20). The van der Waals surface area contributed by atoms with Crippen LogP contribution in [0.1, 0.15) is 25.3 Å². The number of aryl methyl sites for hydroxylation is 1. The van der Waals surface area contributed by atoms with Crippen molar-refractivity contribution in [2.75, 3.05) is 12.3 Å². The molecule has 1 aliphatic carbocycles. The van der Waals surface area contributed by atoms with E-state index in [1.54, 1.807) is 11.8 Å². The lowest BCUT2D eigenvalue weighted by Crippen LogP contribution is -2.39. The van der Waals surface area contributed by atoms with Gasteiger partial charge in [0, 0.05) is 17.5 Å². The third kappa shape index (κ3) is 4.77. The normalized spacial score (nSPS) is 15.5. The third-order valence-corrected chi connectivity index (χ3v) is 4.58. The molecule has 0 spiro atoms. The summed E-state index contributed by atoms with van der Waals surface area (Å²) in [6.07, 6.45) is 1.99. The lowest BCUT2D eigenvalue weighted by molar-refractivity contribution is -0.142. The predicted octanol–water partition coefficient (Wildman–Crippen LogP) is 2.80. The molecule has 1 aliphatic rings. The first-order valence-corrected chi connectivity index (χ1v) is 8.17. The topological polar surface area (TPSA) is 57.6 Å². The van der Waals surface area contributed by atoms with Crippen LogP contribution in [-0.4, -0.2) is 40.2 Å². The van der Waals surface area contributed by atoms with Gasteiger partial charge >= 0.3 is 5.97 Å². The van der Waals surface area contributed by atoms with Gasteiger partial charge in [0.2, 0.25) is 5.91 Å². The van der Waals surface area contributed by atoms with Gasteiger partial charge in [-0.05, 0) is 31.9 Å². The van der Waals surface area contributed by atoms with Crippen molar-refractivity contribution >= 4 is 23.6 Å². The van der Waals surface area contributed by atoms with E-state index < -0.39 is 11.9 Å².